The van der Waals surface area contributed by atoms with Crippen molar-refractivity contribution in [3.8, 4) is 0 Å². The van der Waals surface area contributed by atoms with Gasteiger partial charge < -0.3 is 15.1 Å². The van der Waals surface area contributed by atoms with Crippen molar-refractivity contribution in [2.24, 2.45) is 4.99 Å². The SMILES string of the molecule is CCNC(=NCc1ncc(C(C)(C)C)o1)NCCCn1nc2n(c1=O)CCCC2.I. The number of aliphatic imine (C=N–C) groups is 1. The van der Waals surface area contributed by atoms with Crippen molar-refractivity contribution in [2.75, 3.05) is 13.1 Å². The minimum Gasteiger partial charge on any atom is -0.443 e. The fourth-order valence-corrected chi connectivity index (χ4v) is 3.25. The van der Waals surface area contributed by atoms with Crippen molar-refractivity contribution in [2.45, 2.75) is 78.4 Å². The number of rotatable bonds is 7. The lowest BCUT2D eigenvalue weighted by atomic mass is 9.94. The lowest BCUT2D eigenvalue weighted by Crippen LogP contribution is -2.38. The van der Waals surface area contributed by atoms with Gasteiger partial charge >= 0.3 is 5.69 Å². The molecule has 0 radical (unpaired) electrons. The third kappa shape index (κ3) is 6.32. The number of oxazole rings is 1. The molecule has 1 aliphatic rings. The topological polar surface area (TPSA) is 102 Å². The molecule has 0 aliphatic carbocycles. The molecule has 0 aromatic carbocycles. The standard InChI is InChI=1S/C20H33N7O2.HI/c1-5-21-18(24-14-17-23-13-15(29-17)20(2,3)4)22-10-8-12-27-19(28)26-11-7-6-9-16(26)25-27;/h13H,5-12,14H2,1-4H3,(H2,21,22,24);1H. The quantitative estimate of drug-likeness (QED) is 0.246. The average molecular weight is 531 g/mol. The first-order valence-electron chi connectivity index (χ1n) is 10.5. The molecule has 0 saturated heterocycles. The van der Waals surface area contributed by atoms with Gasteiger partial charge in [-0.05, 0) is 26.2 Å². The summed E-state index contributed by atoms with van der Waals surface area (Å²) in [6.07, 6.45) is 5.63. The highest BCUT2D eigenvalue weighted by molar-refractivity contribution is 14.0. The Morgan fingerprint density at radius 3 is 2.77 bits per heavy atom. The van der Waals surface area contributed by atoms with E-state index in [1.807, 2.05) is 11.5 Å². The number of nitrogens with one attached hydrogen (secondary N) is 2. The maximum Gasteiger partial charge on any atom is 0.345 e. The molecule has 10 heteroatoms. The molecule has 168 valence electrons. The molecule has 2 aromatic rings. The number of nitrogens with zero attached hydrogens (tertiary/aromatic N) is 5. The van der Waals surface area contributed by atoms with Gasteiger partial charge in [0.1, 0.15) is 18.1 Å². The molecule has 2 aromatic heterocycles. The molecule has 0 atom stereocenters. The highest BCUT2D eigenvalue weighted by Gasteiger charge is 2.19. The van der Waals surface area contributed by atoms with Gasteiger partial charge in [0.2, 0.25) is 5.89 Å². The van der Waals surface area contributed by atoms with Crippen molar-refractivity contribution in [3.63, 3.8) is 0 Å². The second-order valence-corrected chi connectivity index (χ2v) is 8.37. The van der Waals surface area contributed by atoms with Gasteiger partial charge in [-0.2, -0.15) is 5.10 Å². The number of hydrogen-bond acceptors (Lipinski definition) is 5. The van der Waals surface area contributed by atoms with E-state index in [0.29, 0.717) is 31.5 Å². The number of hydrogen-bond donors (Lipinski definition) is 2. The molecule has 0 amide bonds. The molecule has 0 unspecified atom stereocenters. The van der Waals surface area contributed by atoms with Crippen LogP contribution in [-0.2, 0) is 31.5 Å². The maximum atomic E-state index is 12.4. The normalized spacial score (nSPS) is 14.2. The zero-order valence-corrected chi connectivity index (χ0v) is 20.7. The van der Waals surface area contributed by atoms with E-state index in [9.17, 15) is 4.79 Å². The van der Waals surface area contributed by atoms with Crippen LogP contribution in [0.2, 0.25) is 0 Å². The molecule has 0 fully saturated rings. The Morgan fingerprint density at radius 2 is 2.10 bits per heavy atom. The number of halogens is 1. The van der Waals surface area contributed by atoms with Crippen LogP contribution < -0.4 is 16.3 Å². The van der Waals surface area contributed by atoms with E-state index in [2.05, 4.69) is 46.5 Å². The molecule has 0 spiro atoms. The van der Waals surface area contributed by atoms with E-state index in [1.165, 1.54) is 0 Å². The first-order valence-corrected chi connectivity index (χ1v) is 10.5. The van der Waals surface area contributed by atoms with E-state index in [0.717, 1.165) is 50.4 Å². The molecule has 1 aliphatic heterocycles. The van der Waals surface area contributed by atoms with Crippen molar-refractivity contribution < 1.29 is 4.42 Å². The van der Waals surface area contributed by atoms with E-state index in [-0.39, 0.29) is 35.1 Å². The predicted octanol–water partition coefficient (Wildman–Crippen LogP) is 2.43. The molecular weight excluding hydrogens is 497 g/mol. The fraction of sp³-hybridized carbons (Fsp3) is 0.700. The van der Waals surface area contributed by atoms with Crippen LogP contribution in [0.4, 0.5) is 0 Å². The summed E-state index contributed by atoms with van der Waals surface area (Å²) in [7, 11) is 0. The second-order valence-electron chi connectivity index (χ2n) is 8.37. The Balaban J connectivity index is 0.00000320. The predicted molar refractivity (Wildman–Crippen MR) is 127 cm³/mol. The summed E-state index contributed by atoms with van der Waals surface area (Å²) in [4.78, 5) is 21.2. The number of fused-ring (bicyclic) bond motifs is 1. The summed E-state index contributed by atoms with van der Waals surface area (Å²) in [5.41, 5.74) is -0.0545. The summed E-state index contributed by atoms with van der Waals surface area (Å²) in [5.74, 6) is 3.08. The second kappa shape index (κ2) is 11.0. The van der Waals surface area contributed by atoms with Gasteiger partial charge in [-0.3, -0.25) is 4.57 Å². The highest BCUT2D eigenvalue weighted by atomic mass is 127. The van der Waals surface area contributed by atoms with Gasteiger partial charge in [0.25, 0.3) is 0 Å². The van der Waals surface area contributed by atoms with E-state index in [1.54, 1.807) is 10.9 Å². The minimum atomic E-state index is -0.0673. The Hall–Kier alpha value is -1.85. The molecule has 2 N–H and O–H groups in total. The van der Waals surface area contributed by atoms with Crippen LogP contribution in [0.25, 0.3) is 0 Å². The van der Waals surface area contributed by atoms with Gasteiger partial charge in [0.15, 0.2) is 5.96 Å². The molecule has 9 nitrogen and oxygen atoms in total. The Kier molecular flexibility index (Phi) is 8.92. The first-order chi connectivity index (χ1) is 13.9. The number of guanidine groups is 1. The summed E-state index contributed by atoms with van der Waals surface area (Å²) >= 11 is 0. The lowest BCUT2D eigenvalue weighted by molar-refractivity contribution is 0.383. The Bertz CT molecular complexity index is 892. The summed E-state index contributed by atoms with van der Waals surface area (Å²) in [6, 6.07) is 0. The van der Waals surface area contributed by atoms with Crippen molar-refractivity contribution >= 4 is 29.9 Å². The molecule has 30 heavy (non-hydrogen) atoms. The van der Waals surface area contributed by atoms with Gasteiger partial charge in [-0.1, -0.05) is 20.8 Å². The summed E-state index contributed by atoms with van der Waals surface area (Å²) < 4.78 is 9.19. The summed E-state index contributed by atoms with van der Waals surface area (Å²) in [6.45, 7) is 11.5. The van der Waals surface area contributed by atoms with Gasteiger partial charge in [-0.15, -0.1) is 24.0 Å². The third-order valence-electron chi connectivity index (χ3n) is 4.88. The lowest BCUT2D eigenvalue weighted by Gasteiger charge is -2.13. The Morgan fingerprint density at radius 1 is 1.30 bits per heavy atom. The zero-order chi connectivity index (χ0) is 20.9. The smallest absolute Gasteiger partial charge is 0.345 e. The molecular formula is C20H34IN7O2. The van der Waals surface area contributed by atoms with Gasteiger partial charge in [0.05, 0.1) is 6.20 Å². The zero-order valence-electron chi connectivity index (χ0n) is 18.4. The van der Waals surface area contributed by atoms with Crippen molar-refractivity contribution in [1.82, 2.24) is 30.0 Å². The number of aryl methyl sites for hydroxylation is 2. The minimum absolute atomic E-state index is 0. The first kappa shape index (κ1) is 24.4. The maximum absolute atomic E-state index is 12.4. The van der Waals surface area contributed by atoms with Crippen LogP contribution in [0.5, 0.6) is 0 Å². The largest absolute Gasteiger partial charge is 0.443 e. The van der Waals surface area contributed by atoms with Crippen LogP contribution in [0.3, 0.4) is 0 Å². The molecule has 3 heterocycles. The van der Waals surface area contributed by atoms with E-state index < -0.39 is 0 Å². The highest BCUT2D eigenvalue weighted by Crippen LogP contribution is 2.22. The molecule has 3 rings (SSSR count). The van der Waals surface area contributed by atoms with Gasteiger partial charge in [0, 0.05) is 38.0 Å². The number of aromatic nitrogens is 4. The molecule has 0 saturated carbocycles. The summed E-state index contributed by atoms with van der Waals surface area (Å²) in [5, 5.41) is 11.0. The fourth-order valence-electron chi connectivity index (χ4n) is 3.25. The van der Waals surface area contributed by atoms with Gasteiger partial charge in [-0.25, -0.2) is 19.5 Å². The van der Waals surface area contributed by atoms with Crippen LogP contribution in [0.15, 0.2) is 20.4 Å². The third-order valence-corrected chi connectivity index (χ3v) is 4.88. The Labute approximate surface area is 194 Å². The van der Waals surface area contributed by atoms with Crippen LogP contribution in [0, 0.1) is 0 Å². The van der Waals surface area contributed by atoms with Crippen LogP contribution in [0.1, 0.15) is 64.4 Å². The average Bonchev–Trinajstić information content (AvgIpc) is 3.28. The van der Waals surface area contributed by atoms with Crippen molar-refractivity contribution in [1.29, 1.82) is 0 Å². The van der Waals surface area contributed by atoms with E-state index >= 15 is 0 Å². The monoisotopic (exact) mass is 531 g/mol. The van der Waals surface area contributed by atoms with E-state index in [4.69, 9.17) is 4.42 Å². The van der Waals surface area contributed by atoms with Crippen molar-refractivity contribution in [3.05, 3.63) is 34.2 Å². The molecule has 0 bridgehead atoms. The van der Waals surface area contributed by atoms with Crippen LogP contribution >= 0.6 is 24.0 Å². The van der Waals surface area contributed by atoms with Crippen LogP contribution in [-0.4, -0.2) is 38.4 Å².